The Balaban J connectivity index is 2.01. The molecular formula is C18H14Cl2N2O3S. The Kier molecular flexibility index (Phi) is 5.46. The van der Waals surface area contributed by atoms with Gasteiger partial charge in [0.05, 0.1) is 28.3 Å². The summed E-state index contributed by atoms with van der Waals surface area (Å²) in [7, 11) is 0. The van der Waals surface area contributed by atoms with Crippen molar-refractivity contribution >= 4 is 50.7 Å². The molecule has 0 aliphatic rings. The molecule has 8 heteroatoms. The lowest BCUT2D eigenvalue weighted by atomic mass is 10.2. The van der Waals surface area contributed by atoms with Gasteiger partial charge in [0.15, 0.2) is 0 Å². The number of thiophene rings is 1. The average Bonchev–Trinajstić information content (AvgIpc) is 2.96. The second-order valence-corrected chi connectivity index (χ2v) is 7.36. The third-order valence-corrected chi connectivity index (χ3v) is 5.69. The molecule has 1 aromatic carbocycles. The van der Waals surface area contributed by atoms with Crippen LogP contribution in [0, 0.1) is 6.92 Å². The van der Waals surface area contributed by atoms with E-state index in [4.69, 9.17) is 27.9 Å². The maximum atomic E-state index is 12.9. The molecule has 0 N–H and O–H groups in total. The summed E-state index contributed by atoms with van der Waals surface area (Å²) in [6, 6.07) is 5.18. The predicted molar refractivity (Wildman–Crippen MR) is 105 cm³/mol. The van der Waals surface area contributed by atoms with Gasteiger partial charge in [-0.1, -0.05) is 41.9 Å². The summed E-state index contributed by atoms with van der Waals surface area (Å²) in [4.78, 5) is 30.2. The molecule has 2 heterocycles. The topological polar surface area (TPSA) is 61.2 Å². The van der Waals surface area contributed by atoms with Crippen molar-refractivity contribution < 1.29 is 9.53 Å². The van der Waals surface area contributed by atoms with Gasteiger partial charge in [0, 0.05) is 0 Å². The van der Waals surface area contributed by atoms with Crippen LogP contribution in [0.2, 0.25) is 10.0 Å². The standard InChI is InChI=1S/C18H14Cl2N2O3S/c1-3-6-25-18(24)15-10(2)14-16(26-15)21-9-22(17(14)23)8-11-4-5-12(19)13(20)7-11/h3-5,7,9H,1,6,8H2,2H3. The molecule has 26 heavy (non-hydrogen) atoms. The molecule has 0 spiro atoms. The Hall–Kier alpha value is -2.15. The maximum absolute atomic E-state index is 12.9. The van der Waals surface area contributed by atoms with Crippen LogP contribution >= 0.6 is 34.5 Å². The minimum atomic E-state index is -0.485. The van der Waals surface area contributed by atoms with Crippen LogP contribution < -0.4 is 5.56 Å². The number of aryl methyl sites for hydroxylation is 1. The van der Waals surface area contributed by atoms with Crippen LogP contribution in [0.1, 0.15) is 20.8 Å². The van der Waals surface area contributed by atoms with E-state index in [9.17, 15) is 9.59 Å². The molecule has 2 aromatic heterocycles. The smallest absolute Gasteiger partial charge is 0.348 e. The van der Waals surface area contributed by atoms with Crippen molar-refractivity contribution in [2.45, 2.75) is 13.5 Å². The number of rotatable bonds is 5. The molecule has 0 aliphatic heterocycles. The zero-order valence-corrected chi connectivity index (χ0v) is 16.1. The zero-order chi connectivity index (χ0) is 18.8. The van der Waals surface area contributed by atoms with E-state index in [2.05, 4.69) is 11.6 Å². The van der Waals surface area contributed by atoms with Gasteiger partial charge in [-0.25, -0.2) is 9.78 Å². The number of fused-ring (bicyclic) bond motifs is 1. The molecule has 0 radical (unpaired) electrons. The number of benzene rings is 1. The van der Waals surface area contributed by atoms with Crippen LogP contribution in [0.4, 0.5) is 0 Å². The van der Waals surface area contributed by atoms with E-state index in [1.807, 2.05) is 0 Å². The molecule has 3 rings (SSSR count). The first-order valence-electron chi connectivity index (χ1n) is 7.63. The lowest BCUT2D eigenvalue weighted by molar-refractivity contribution is 0.0555. The fraction of sp³-hybridized carbons (Fsp3) is 0.167. The SMILES string of the molecule is C=CCOC(=O)c1sc2ncn(Cc3ccc(Cl)c(Cl)c3)c(=O)c2c1C. The number of hydrogen-bond acceptors (Lipinski definition) is 5. The fourth-order valence-corrected chi connectivity index (χ4v) is 3.86. The molecule has 0 amide bonds. The minimum Gasteiger partial charge on any atom is -0.457 e. The Morgan fingerprint density at radius 2 is 2.15 bits per heavy atom. The van der Waals surface area contributed by atoms with Crippen molar-refractivity contribution in [3.05, 3.63) is 73.6 Å². The number of carbonyl (C=O) groups is 1. The number of nitrogens with zero attached hydrogens (tertiary/aromatic N) is 2. The number of halogens is 2. The number of hydrogen-bond donors (Lipinski definition) is 0. The molecule has 0 atom stereocenters. The van der Waals surface area contributed by atoms with E-state index in [0.29, 0.717) is 37.2 Å². The number of ether oxygens (including phenoxy) is 1. The molecule has 134 valence electrons. The first kappa shape index (κ1) is 18.6. The molecule has 0 saturated carbocycles. The number of esters is 1. The van der Waals surface area contributed by atoms with Crippen LogP contribution in [-0.4, -0.2) is 22.1 Å². The van der Waals surface area contributed by atoms with Crippen molar-refractivity contribution in [3.8, 4) is 0 Å². The number of carbonyl (C=O) groups excluding carboxylic acids is 1. The molecule has 0 fully saturated rings. The average molecular weight is 409 g/mol. The van der Waals surface area contributed by atoms with Gasteiger partial charge in [0.2, 0.25) is 0 Å². The molecule has 0 aliphatic carbocycles. The van der Waals surface area contributed by atoms with Gasteiger partial charge in [-0.15, -0.1) is 11.3 Å². The van der Waals surface area contributed by atoms with Gasteiger partial charge in [0.1, 0.15) is 16.3 Å². The summed E-state index contributed by atoms with van der Waals surface area (Å²) in [6.45, 7) is 5.64. The number of aromatic nitrogens is 2. The lowest BCUT2D eigenvalue weighted by Gasteiger charge is -2.07. The highest BCUT2D eigenvalue weighted by Crippen LogP contribution is 2.28. The molecule has 0 unspecified atom stereocenters. The predicted octanol–water partition coefficient (Wildman–Crippen LogP) is 4.46. The van der Waals surface area contributed by atoms with E-state index in [1.54, 1.807) is 25.1 Å². The second kappa shape index (κ2) is 7.61. The summed E-state index contributed by atoms with van der Waals surface area (Å²) in [5, 5.41) is 1.29. The van der Waals surface area contributed by atoms with Crippen LogP contribution in [0.15, 0.2) is 42.0 Å². The normalized spacial score (nSPS) is 10.9. The third-order valence-electron chi connectivity index (χ3n) is 3.77. The van der Waals surface area contributed by atoms with Crippen LogP contribution in [0.3, 0.4) is 0 Å². The molecule has 0 bridgehead atoms. The molecule has 3 aromatic rings. The van der Waals surface area contributed by atoms with Crippen molar-refractivity contribution in [2.24, 2.45) is 0 Å². The summed E-state index contributed by atoms with van der Waals surface area (Å²) in [5.74, 6) is -0.485. The van der Waals surface area contributed by atoms with Gasteiger partial charge in [-0.2, -0.15) is 0 Å². The highest BCUT2D eigenvalue weighted by atomic mass is 35.5. The van der Waals surface area contributed by atoms with E-state index < -0.39 is 5.97 Å². The van der Waals surface area contributed by atoms with E-state index in [-0.39, 0.29) is 12.2 Å². The zero-order valence-electron chi connectivity index (χ0n) is 13.8. The third kappa shape index (κ3) is 3.53. The largest absolute Gasteiger partial charge is 0.457 e. The second-order valence-electron chi connectivity index (χ2n) is 5.55. The monoisotopic (exact) mass is 408 g/mol. The Labute approximate surface area is 163 Å². The minimum absolute atomic E-state index is 0.113. The summed E-state index contributed by atoms with van der Waals surface area (Å²) in [5.41, 5.74) is 1.17. The van der Waals surface area contributed by atoms with Gasteiger partial charge in [-0.3, -0.25) is 9.36 Å². The van der Waals surface area contributed by atoms with Crippen molar-refractivity contribution in [2.75, 3.05) is 6.61 Å². The molecule has 5 nitrogen and oxygen atoms in total. The molecular weight excluding hydrogens is 395 g/mol. The van der Waals surface area contributed by atoms with Crippen LogP contribution in [0.5, 0.6) is 0 Å². The summed E-state index contributed by atoms with van der Waals surface area (Å²) < 4.78 is 6.54. The maximum Gasteiger partial charge on any atom is 0.348 e. The fourth-order valence-electron chi connectivity index (χ4n) is 2.50. The lowest BCUT2D eigenvalue weighted by Crippen LogP contribution is -2.21. The van der Waals surface area contributed by atoms with Crippen molar-refractivity contribution in [3.63, 3.8) is 0 Å². The van der Waals surface area contributed by atoms with Gasteiger partial charge in [-0.05, 0) is 30.2 Å². The first-order chi connectivity index (χ1) is 12.4. The van der Waals surface area contributed by atoms with Crippen LogP contribution in [0.25, 0.3) is 10.2 Å². The van der Waals surface area contributed by atoms with Crippen molar-refractivity contribution in [1.29, 1.82) is 0 Å². The van der Waals surface area contributed by atoms with Gasteiger partial charge < -0.3 is 4.74 Å². The Bertz CT molecular complexity index is 1070. The Morgan fingerprint density at radius 1 is 1.38 bits per heavy atom. The first-order valence-corrected chi connectivity index (χ1v) is 9.20. The van der Waals surface area contributed by atoms with E-state index in [0.717, 1.165) is 16.9 Å². The quantitative estimate of drug-likeness (QED) is 0.461. The summed E-state index contributed by atoms with van der Waals surface area (Å²) in [6.07, 6.45) is 2.95. The van der Waals surface area contributed by atoms with Gasteiger partial charge in [0.25, 0.3) is 5.56 Å². The highest BCUT2D eigenvalue weighted by molar-refractivity contribution is 7.20. The van der Waals surface area contributed by atoms with E-state index >= 15 is 0 Å². The van der Waals surface area contributed by atoms with Crippen LogP contribution in [-0.2, 0) is 11.3 Å². The Morgan fingerprint density at radius 3 is 2.85 bits per heavy atom. The highest BCUT2D eigenvalue weighted by Gasteiger charge is 2.20. The van der Waals surface area contributed by atoms with E-state index in [1.165, 1.54) is 17.0 Å². The summed E-state index contributed by atoms with van der Waals surface area (Å²) >= 11 is 13.1. The van der Waals surface area contributed by atoms with Crippen molar-refractivity contribution in [1.82, 2.24) is 9.55 Å². The molecule has 0 saturated heterocycles. The van der Waals surface area contributed by atoms with Gasteiger partial charge >= 0.3 is 5.97 Å².